The van der Waals surface area contributed by atoms with Crippen molar-refractivity contribution < 1.29 is 9.90 Å². The molecule has 1 aromatic rings. The molecule has 0 heterocycles. The monoisotopic (exact) mass is 310 g/mol. The summed E-state index contributed by atoms with van der Waals surface area (Å²) in [5, 5.41) is 15.5. The first-order valence-corrected chi connectivity index (χ1v) is 8.67. The third-order valence-corrected chi connectivity index (χ3v) is 4.13. The first kappa shape index (κ1) is 17.9. The smallest absolute Gasteiger partial charge is 0.314 e. The van der Waals surface area contributed by atoms with Crippen LogP contribution >= 0.6 is 11.8 Å². The van der Waals surface area contributed by atoms with E-state index in [-0.39, 0.29) is 12.6 Å². The minimum absolute atomic E-state index is 0.235. The van der Waals surface area contributed by atoms with Gasteiger partial charge in [-0.05, 0) is 37.1 Å². The number of aliphatic hydroxyl groups is 1. The van der Waals surface area contributed by atoms with E-state index in [4.69, 9.17) is 0 Å². The second-order valence-electron chi connectivity index (χ2n) is 5.46. The quantitative estimate of drug-likeness (QED) is 0.690. The molecule has 0 aliphatic carbocycles. The molecule has 118 valence electrons. The molecule has 3 N–H and O–H groups in total. The molecule has 0 aliphatic heterocycles. The first-order valence-electron chi connectivity index (χ1n) is 7.27. The molecule has 0 aliphatic rings. The van der Waals surface area contributed by atoms with Crippen LogP contribution in [0.2, 0.25) is 0 Å². The van der Waals surface area contributed by atoms with Gasteiger partial charge in [-0.15, -0.1) is 0 Å². The molecule has 2 amide bonds. The Balaban J connectivity index is 2.23. The first-order chi connectivity index (χ1) is 9.96. The van der Waals surface area contributed by atoms with Crippen LogP contribution in [0.15, 0.2) is 24.3 Å². The number of nitrogens with one attached hydrogen (secondary N) is 2. The van der Waals surface area contributed by atoms with E-state index in [2.05, 4.69) is 41.8 Å². The maximum absolute atomic E-state index is 11.6. The molecule has 21 heavy (non-hydrogen) atoms. The van der Waals surface area contributed by atoms with Crippen molar-refractivity contribution in [3.8, 4) is 0 Å². The number of benzene rings is 1. The molecule has 1 atom stereocenters. The average molecular weight is 310 g/mol. The Morgan fingerprint density at radius 1 is 1.24 bits per heavy atom. The van der Waals surface area contributed by atoms with Gasteiger partial charge in [0.15, 0.2) is 0 Å². The third kappa shape index (κ3) is 7.39. The van der Waals surface area contributed by atoms with E-state index in [0.29, 0.717) is 12.3 Å². The number of thioether (sulfide) groups is 1. The lowest BCUT2D eigenvalue weighted by Crippen LogP contribution is -2.46. The molecule has 0 fully saturated rings. The molecule has 0 bridgehead atoms. The molecule has 1 unspecified atom stereocenters. The maximum atomic E-state index is 11.6. The summed E-state index contributed by atoms with van der Waals surface area (Å²) in [4.78, 5) is 11.6. The van der Waals surface area contributed by atoms with Gasteiger partial charge in [0.05, 0.1) is 5.60 Å². The molecule has 0 aromatic heterocycles. The number of amides is 2. The van der Waals surface area contributed by atoms with Crippen molar-refractivity contribution in [1.29, 1.82) is 0 Å². The number of rotatable bonds is 8. The van der Waals surface area contributed by atoms with Crippen molar-refractivity contribution in [3.05, 3.63) is 35.4 Å². The predicted molar refractivity (Wildman–Crippen MR) is 89.9 cm³/mol. The van der Waals surface area contributed by atoms with Gasteiger partial charge in [-0.25, -0.2) is 4.79 Å². The fourth-order valence-electron chi connectivity index (χ4n) is 1.96. The molecule has 1 aromatic carbocycles. The van der Waals surface area contributed by atoms with E-state index >= 15 is 0 Å². The summed E-state index contributed by atoms with van der Waals surface area (Å²) in [5.41, 5.74) is 1.66. The fourth-order valence-corrected chi connectivity index (χ4v) is 2.68. The zero-order valence-electron chi connectivity index (χ0n) is 13.1. The Morgan fingerprint density at radius 2 is 1.86 bits per heavy atom. The molecule has 0 saturated carbocycles. The van der Waals surface area contributed by atoms with Crippen molar-refractivity contribution in [1.82, 2.24) is 10.6 Å². The van der Waals surface area contributed by atoms with Gasteiger partial charge in [0.2, 0.25) is 0 Å². The number of aryl methyl sites for hydroxylation is 1. The highest BCUT2D eigenvalue weighted by atomic mass is 32.2. The predicted octanol–water partition coefficient (Wildman–Crippen LogP) is 2.20. The summed E-state index contributed by atoms with van der Waals surface area (Å²) in [6.45, 7) is 4.69. The number of hydrogen-bond donors (Lipinski definition) is 3. The highest BCUT2D eigenvalue weighted by Crippen LogP contribution is 2.08. The second-order valence-corrected chi connectivity index (χ2v) is 6.33. The van der Waals surface area contributed by atoms with Gasteiger partial charge in [-0.1, -0.05) is 31.2 Å². The summed E-state index contributed by atoms with van der Waals surface area (Å²) in [5.74, 6) is 0.594. The highest BCUT2D eigenvalue weighted by Gasteiger charge is 2.20. The van der Waals surface area contributed by atoms with Crippen LogP contribution in [-0.2, 0) is 12.8 Å². The van der Waals surface area contributed by atoms with E-state index in [1.807, 2.05) is 6.26 Å². The zero-order valence-corrected chi connectivity index (χ0v) is 13.9. The Labute approximate surface area is 131 Å². The second kappa shape index (κ2) is 8.95. The number of urea groups is 1. The van der Waals surface area contributed by atoms with E-state index in [1.165, 1.54) is 11.1 Å². The van der Waals surface area contributed by atoms with Crippen molar-refractivity contribution in [3.63, 3.8) is 0 Å². The van der Waals surface area contributed by atoms with E-state index in [0.717, 1.165) is 12.8 Å². The summed E-state index contributed by atoms with van der Waals surface area (Å²) < 4.78 is 0. The topological polar surface area (TPSA) is 61.4 Å². The van der Waals surface area contributed by atoms with Gasteiger partial charge < -0.3 is 15.7 Å². The van der Waals surface area contributed by atoms with Gasteiger partial charge in [0.1, 0.15) is 0 Å². The molecule has 5 heteroatoms. The summed E-state index contributed by atoms with van der Waals surface area (Å²) in [6, 6.07) is 8.20. The van der Waals surface area contributed by atoms with Crippen LogP contribution in [0.4, 0.5) is 4.79 Å². The van der Waals surface area contributed by atoms with Crippen molar-refractivity contribution in [2.75, 3.05) is 25.1 Å². The van der Waals surface area contributed by atoms with Crippen LogP contribution in [0.5, 0.6) is 0 Å². The molecular formula is C16H26N2O2S. The molecule has 4 nitrogen and oxygen atoms in total. The Kier molecular flexibility index (Phi) is 7.61. The van der Waals surface area contributed by atoms with Gasteiger partial charge in [-0.3, -0.25) is 0 Å². The van der Waals surface area contributed by atoms with Crippen LogP contribution in [-0.4, -0.2) is 41.8 Å². The summed E-state index contributed by atoms with van der Waals surface area (Å²) in [7, 11) is 0. The van der Waals surface area contributed by atoms with Crippen molar-refractivity contribution in [2.45, 2.75) is 32.3 Å². The number of carbonyl (C=O) groups excluding carboxylic acids is 1. The van der Waals surface area contributed by atoms with Crippen molar-refractivity contribution in [2.24, 2.45) is 0 Å². The van der Waals surface area contributed by atoms with Crippen LogP contribution in [0.1, 0.15) is 25.0 Å². The average Bonchev–Trinajstić information content (AvgIpc) is 2.46. The van der Waals surface area contributed by atoms with Gasteiger partial charge in [0, 0.05) is 18.8 Å². The lowest BCUT2D eigenvalue weighted by molar-refractivity contribution is 0.0869. The van der Waals surface area contributed by atoms with Gasteiger partial charge >= 0.3 is 6.03 Å². The van der Waals surface area contributed by atoms with Crippen LogP contribution in [0, 0.1) is 0 Å². The van der Waals surface area contributed by atoms with E-state index < -0.39 is 5.60 Å². The third-order valence-electron chi connectivity index (χ3n) is 3.22. The van der Waals surface area contributed by atoms with E-state index in [1.54, 1.807) is 18.7 Å². The van der Waals surface area contributed by atoms with Crippen LogP contribution in [0.25, 0.3) is 0 Å². The Morgan fingerprint density at radius 3 is 2.43 bits per heavy atom. The van der Waals surface area contributed by atoms with Gasteiger partial charge in [0.25, 0.3) is 0 Å². The number of hydrogen-bond acceptors (Lipinski definition) is 3. The molecule has 0 spiro atoms. The van der Waals surface area contributed by atoms with Gasteiger partial charge in [-0.2, -0.15) is 11.8 Å². The maximum Gasteiger partial charge on any atom is 0.314 e. The molecular weight excluding hydrogens is 284 g/mol. The Hall–Kier alpha value is -1.20. The lowest BCUT2D eigenvalue weighted by atomic mass is 10.1. The van der Waals surface area contributed by atoms with Crippen molar-refractivity contribution >= 4 is 17.8 Å². The van der Waals surface area contributed by atoms with E-state index in [9.17, 15) is 9.90 Å². The Bertz CT molecular complexity index is 432. The van der Waals surface area contributed by atoms with Crippen LogP contribution < -0.4 is 10.6 Å². The summed E-state index contributed by atoms with van der Waals surface area (Å²) in [6.07, 6.45) is 3.77. The highest BCUT2D eigenvalue weighted by molar-refractivity contribution is 7.98. The summed E-state index contributed by atoms with van der Waals surface area (Å²) >= 11 is 1.56. The zero-order chi connectivity index (χ0) is 15.7. The standard InChI is InChI=1S/C16H26N2O2S/c1-4-13-5-7-14(8-6-13)9-10-17-15(19)18-11-16(2,20)12-21-3/h5-8,20H,4,9-12H2,1-3H3,(H2,17,18,19). The normalized spacial score (nSPS) is 13.5. The lowest BCUT2D eigenvalue weighted by Gasteiger charge is -2.22. The van der Waals surface area contributed by atoms with Crippen LogP contribution in [0.3, 0.4) is 0 Å². The minimum Gasteiger partial charge on any atom is -0.387 e. The molecule has 1 rings (SSSR count). The SMILES string of the molecule is CCc1ccc(CCNC(=O)NCC(C)(O)CSC)cc1. The molecule has 0 radical (unpaired) electrons. The fraction of sp³-hybridized carbons (Fsp3) is 0.562. The number of carbonyl (C=O) groups is 1. The largest absolute Gasteiger partial charge is 0.387 e. The molecule has 0 saturated heterocycles. The minimum atomic E-state index is -0.868.